The molecule has 18 nitrogen and oxygen atoms in total. The Morgan fingerprint density at radius 2 is 1.77 bits per heavy atom. The molecule has 0 spiro atoms. The summed E-state index contributed by atoms with van der Waals surface area (Å²) in [6, 6.07) is 0.949. The number of phosphoric ester groups is 1. The van der Waals surface area contributed by atoms with Gasteiger partial charge in [0.15, 0.2) is 12.3 Å². The Bertz CT molecular complexity index is 1020. The van der Waals surface area contributed by atoms with E-state index in [1.54, 1.807) is 0 Å². The average Bonchev–Trinajstić information content (AvgIpc) is 2.85. The zero-order valence-electron chi connectivity index (χ0n) is 14.4. The van der Waals surface area contributed by atoms with E-state index >= 15 is 0 Å². The topological polar surface area (TPSA) is 279 Å². The molecule has 21 heteroatoms. The normalized spacial score (nSPS) is 28.7. The van der Waals surface area contributed by atoms with Gasteiger partial charge in [-0.15, -0.1) is 0 Å². The predicted octanol–water partition coefficient (Wildman–Crippen LogP) is -2.60. The summed E-state index contributed by atoms with van der Waals surface area (Å²) in [6.45, 7) is -1.01. The van der Waals surface area contributed by atoms with Crippen molar-refractivity contribution < 1.29 is 61.1 Å². The molecule has 0 aromatic carbocycles. The lowest BCUT2D eigenvalue weighted by molar-refractivity contribution is -0.0753. The highest BCUT2D eigenvalue weighted by Gasteiger charge is 2.48. The van der Waals surface area contributed by atoms with Gasteiger partial charge in [0.1, 0.15) is 12.2 Å². The molecule has 1 aliphatic heterocycles. The van der Waals surface area contributed by atoms with Crippen LogP contribution in [0.2, 0.25) is 0 Å². The van der Waals surface area contributed by atoms with Crippen molar-refractivity contribution in [3.63, 3.8) is 0 Å². The molecule has 1 aliphatic rings. The molecule has 2 heterocycles. The van der Waals surface area contributed by atoms with Crippen LogP contribution in [0.1, 0.15) is 6.23 Å². The Labute approximate surface area is 165 Å². The largest absolute Gasteiger partial charge is 0.490 e. The summed E-state index contributed by atoms with van der Waals surface area (Å²) in [7, 11) is -16.8. The van der Waals surface area contributed by atoms with E-state index in [2.05, 4.69) is 18.0 Å². The molecule has 0 bridgehead atoms. The summed E-state index contributed by atoms with van der Waals surface area (Å²) in [5.74, 6) is 5.06. The number of nitrogens with zero attached hydrogens (tertiary/aromatic N) is 1. The second kappa shape index (κ2) is 9.20. The maximum Gasteiger partial charge on any atom is 0.490 e. The van der Waals surface area contributed by atoms with Crippen LogP contribution in [-0.4, -0.2) is 59.2 Å². The van der Waals surface area contributed by atoms with E-state index in [4.69, 9.17) is 25.3 Å². The molecule has 8 N–H and O–H groups in total. The van der Waals surface area contributed by atoms with Gasteiger partial charge in [-0.2, -0.15) is 8.62 Å². The first-order valence-corrected chi connectivity index (χ1v) is 11.9. The van der Waals surface area contributed by atoms with Gasteiger partial charge in [-0.05, 0) is 0 Å². The van der Waals surface area contributed by atoms with Crippen LogP contribution in [0.25, 0.3) is 0 Å². The van der Waals surface area contributed by atoms with Crippen molar-refractivity contribution in [3.8, 4) is 0 Å². The van der Waals surface area contributed by atoms with Gasteiger partial charge < -0.3 is 29.4 Å². The number of phosphoric acid groups is 3. The number of ether oxygens (including phenoxy) is 1. The van der Waals surface area contributed by atoms with Gasteiger partial charge in [-0.1, -0.05) is 0 Å². The van der Waals surface area contributed by atoms with Crippen LogP contribution >= 0.6 is 23.5 Å². The molecule has 6 atom stereocenters. The third kappa shape index (κ3) is 6.71. The summed E-state index contributed by atoms with van der Waals surface area (Å²) in [5.41, 5.74) is -1.69. The van der Waals surface area contributed by atoms with Gasteiger partial charge in [-0.25, -0.2) is 24.4 Å². The highest BCUT2D eigenvalue weighted by atomic mass is 31.3. The van der Waals surface area contributed by atoms with Crippen LogP contribution in [0.15, 0.2) is 21.9 Å². The lowest BCUT2D eigenvalue weighted by atomic mass is 10.1. The number of aromatic nitrogens is 2. The highest BCUT2D eigenvalue weighted by molar-refractivity contribution is 7.66. The lowest BCUT2D eigenvalue weighted by Crippen LogP contribution is -2.40. The van der Waals surface area contributed by atoms with E-state index in [1.807, 2.05) is 4.98 Å². The lowest BCUT2D eigenvalue weighted by Gasteiger charge is -2.19. The van der Waals surface area contributed by atoms with Gasteiger partial charge in [0.25, 0.3) is 5.56 Å². The van der Waals surface area contributed by atoms with E-state index in [1.165, 1.54) is 0 Å². The smallest absolute Gasteiger partial charge is 0.387 e. The second-order valence-electron chi connectivity index (χ2n) is 5.56. The molecule has 1 aromatic heterocycles. The zero-order valence-corrected chi connectivity index (χ0v) is 17.0. The Hall–Kier alpha value is -1.07. The fourth-order valence-electron chi connectivity index (χ4n) is 2.33. The standard InChI is InChI=1S/C9H16N3O15P3/c10-25-7-6(14)4(24-8(7)12-2-1-5(13)11-9(12)15)3-23-29(19,20)27-30(21,22)26-28(16,17)18/h1-2,4,6-8,14H,3,10H2,(H,19,20)(H,21,22)(H,11,13,15)(H2,16,17,18)/t4-,6-,7-,8-/m1/s1. The van der Waals surface area contributed by atoms with Gasteiger partial charge in [0.05, 0.1) is 6.61 Å². The Morgan fingerprint density at radius 1 is 1.13 bits per heavy atom. The minimum atomic E-state index is -5.73. The number of aromatic amines is 1. The number of rotatable bonds is 9. The van der Waals surface area contributed by atoms with Crippen LogP contribution in [-0.2, 0) is 36.4 Å². The van der Waals surface area contributed by atoms with Crippen LogP contribution in [0.5, 0.6) is 0 Å². The molecule has 172 valence electrons. The number of aliphatic hydroxyl groups excluding tert-OH is 1. The van der Waals surface area contributed by atoms with Crippen LogP contribution in [0.3, 0.4) is 0 Å². The first-order chi connectivity index (χ1) is 13.6. The molecule has 1 aromatic rings. The van der Waals surface area contributed by atoms with Crippen LogP contribution < -0.4 is 17.1 Å². The summed E-state index contributed by atoms with van der Waals surface area (Å²) in [6.07, 6.45) is -5.06. The van der Waals surface area contributed by atoms with Crippen LogP contribution in [0.4, 0.5) is 0 Å². The third-order valence-electron chi connectivity index (χ3n) is 3.41. The van der Waals surface area contributed by atoms with Crippen molar-refractivity contribution in [1.82, 2.24) is 9.55 Å². The van der Waals surface area contributed by atoms with Crippen molar-refractivity contribution >= 4 is 23.5 Å². The summed E-state index contributed by atoms with van der Waals surface area (Å²) in [5, 5.41) is 10.2. The van der Waals surface area contributed by atoms with Crippen molar-refractivity contribution in [2.75, 3.05) is 6.61 Å². The average molecular weight is 499 g/mol. The zero-order chi connectivity index (χ0) is 22.9. The number of nitrogens with one attached hydrogen (secondary N) is 1. The maximum atomic E-state index is 11.9. The minimum absolute atomic E-state index is 0.732. The van der Waals surface area contributed by atoms with E-state index in [-0.39, 0.29) is 0 Å². The second-order valence-corrected chi connectivity index (χ2v) is 9.98. The molecule has 30 heavy (non-hydrogen) atoms. The summed E-state index contributed by atoms with van der Waals surface area (Å²) >= 11 is 0. The Kier molecular flexibility index (Phi) is 7.72. The fourth-order valence-corrected chi connectivity index (χ4v) is 5.36. The molecule has 1 fully saturated rings. The molecular formula is C9H16N3O15P3. The van der Waals surface area contributed by atoms with E-state index < -0.39 is 65.9 Å². The van der Waals surface area contributed by atoms with Gasteiger partial charge in [0.2, 0.25) is 0 Å². The number of H-pyrrole nitrogens is 1. The van der Waals surface area contributed by atoms with E-state index in [0.29, 0.717) is 0 Å². The molecule has 2 rings (SSSR count). The number of hydrogen-bond acceptors (Lipinski definition) is 12. The van der Waals surface area contributed by atoms with Crippen molar-refractivity contribution in [1.29, 1.82) is 0 Å². The van der Waals surface area contributed by atoms with Gasteiger partial charge in [-0.3, -0.25) is 23.7 Å². The van der Waals surface area contributed by atoms with E-state index in [9.17, 15) is 33.3 Å². The molecule has 0 amide bonds. The fraction of sp³-hybridized carbons (Fsp3) is 0.556. The number of hydrogen-bond donors (Lipinski definition) is 7. The van der Waals surface area contributed by atoms with Crippen molar-refractivity contribution in [3.05, 3.63) is 33.1 Å². The van der Waals surface area contributed by atoms with Gasteiger partial charge >= 0.3 is 29.2 Å². The monoisotopic (exact) mass is 499 g/mol. The molecule has 0 radical (unpaired) electrons. The molecule has 2 unspecified atom stereocenters. The minimum Gasteiger partial charge on any atom is -0.387 e. The van der Waals surface area contributed by atoms with E-state index in [0.717, 1.165) is 16.8 Å². The number of aliphatic hydroxyl groups is 1. The maximum absolute atomic E-state index is 11.9. The van der Waals surface area contributed by atoms with Crippen LogP contribution in [0, 0.1) is 0 Å². The molecular weight excluding hydrogens is 483 g/mol. The molecule has 0 aliphatic carbocycles. The quantitative estimate of drug-likeness (QED) is 0.135. The van der Waals surface area contributed by atoms with Crippen molar-refractivity contribution in [2.24, 2.45) is 5.90 Å². The third-order valence-corrected chi connectivity index (χ3v) is 7.22. The number of nitrogens with two attached hydrogens (primary N) is 1. The predicted molar refractivity (Wildman–Crippen MR) is 90.1 cm³/mol. The summed E-state index contributed by atoms with van der Waals surface area (Å²) in [4.78, 5) is 64.9. The first kappa shape index (κ1) is 25.2. The molecule has 0 saturated carbocycles. The highest BCUT2D eigenvalue weighted by Crippen LogP contribution is 2.66. The Morgan fingerprint density at radius 3 is 2.30 bits per heavy atom. The first-order valence-electron chi connectivity index (χ1n) is 7.43. The Balaban J connectivity index is 2.10. The molecule has 1 saturated heterocycles. The summed E-state index contributed by atoms with van der Waals surface area (Å²) < 4.78 is 51.1. The SMILES string of the molecule is NO[C@@H]1[C@H](O)[C@@H](COP(=O)(O)OP(=O)(O)OP(=O)(O)O)O[C@H]1n1ccc(=O)[nH]c1=O. The van der Waals surface area contributed by atoms with Crippen molar-refractivity contribution in [2.45, 2.75) is 24.5 Å². The van der Waals surface area contributed by atoms with Gasteiger partial charge in [0, 0.05) is 12.3 Å².